The molecule has 2 aromatic carbocycles. The van der Waals surface area contributed by atoms with Crippen molar-refractivity contribution in [3.8, 4) is 11.5 Å². The molecule has 2 rings (SSSR count). The predicted molar refractivity (Wildman–Crippen MR) is 79.2 cm³/mol. The van der Waals surface area contributed by atoms with Crippen LogP contribution in [0.4, 0.5) is 5.69 Å². The van der Waals surface area contributed by atoms with E-state index in [1.165, 1.54) is 31.2 Å². The molecule has 0 bridgehead atoms. The Hall–Kier alpha value is -2.53. The Bertz CT molecular complexity index is 618. The summed E-state index contributed by atoms with van der Waals surface area (Å²) in [6.07, 6.45) is 0.122. The van der Waals surface area contributed by atoms with Crippen LogP contribution in [0.5, 0.6) is 11.5 Å². The van der Waals surface area contributed by atoms with E-state index >= 15 is 0 Å². The first-order valence-electron chi connectivity index (χ1n) is 6.47. The van der Waals surface area contributed by atoms with Gasteiger partial charge in [-0.1, -0.05) is 12.1 Å². The lowest BCUT2D eigenvalue weighted by atomic mass is 9.95. The number of phenolic OH excluding ortho intramolecular Hbond substituents is 2. The highest BCUT2D eigenvalue weighted by molar-refractivity contribution is 5.97. The Morgan fingerprint density at radius 3 is 2.00 bits per heavy atom. The maximum absolute atomic E-state index is 12.1. The van der Waals surface area contributed by atoms with Gasteiger partial charge in [-0.2, -0.15) is 0 Å². The molecule has 0 saturated heterocycles. The molecular weight excluding hydrogens is 270 g/mol. The number of nitrogens with one attached hydrogen (secondary N) is 1. The Morgan fingerprint density at radius 1 is 1.00 bits per heavy atom. The molecule has 0 saturated carbocycles. The maximum atomic E-state index is 12.1. The van der Waals surface area contributed by atoms with E-state index in [4.69, 9.17) is 0 Å². The van der Waals surface area contributed by atoms with E-state index in [0.29, 0.717) is 5.69 Å². The first-order chi connectivity index (χ1) is 9.87. The number of carbonyl (C=O) groups excluding carboxylic acids is 1. The topological polar surface area (TPSA) is 89.8 Å². The Morgan fingerprint density at radius 2 is 1.48 bits per heavy atom. The van der Waals surface area contributed by atoms with Gasteiger partial charge in [0, 0.05) is 12.1 Å². The third kappa shape index (κ3) is 3.97. The van der Waals surface area contributed by atoms with Gasteiger partial charge in [0.15, 0.2) is 0 Å². The van der Waals surface area contributed by atoms with Crippen LogP contribution in [0.1, 0.15) is 12.5 Å². The van der Waals surface area contributed by atoms with Gasteiger partial charge < -0.3 is 20.6 Å². The highest BCUT2D eigenvalue weighted by Crippen LogP contribution is 2.19. The molecular formula is C16H17NO4. The van der Waals surface area contributed by atoms with Crippen LogP contribution >= 0.6 is 0 Å². The number of aliphatic hydroxyl groups is 1. The molecule has 0 radical (unpaired) electrons. The highest BCUT2D eigenvalue weighted by atomic mass is 16.3. The predicted octanol–water partition coefficient (Wildman–Crippen LogP) is 2.03. The van der Waals surface area contributed by atoms with Crippen molar-refractivity contribution in [1.82, 2.24) is 0 Å². The average molecular weight is 287 g/mol. The molecule has 1 atom stereocenters. The van der Waals surface area contributed by atoms with Crippen LogP contribution in [0.2, 0.25) is 0 Å². The molecule has 1 amide bonds. The van der Waals surface area contributed by atoms with Crippen LogP contribution in [-0.2, 0) is 11.2 Å². The van der Waals surface area contributed by atoms with Gasteiger partial charge in [-0.3, -0.25) is 4.79 Å². The molecule has 0 aliphatic heterocycles. The minimum absolute atomic E-state index is 0.101. The second kappa shape index (κ2) is 5.85. The van der Waals surface area contributed by atoms with Gasteiger partial charge in [0.1, 0.15) is 17.1 Å². The molecule has 0 aliphatic rings. The first-order valence-corrected chi connectivity index (χ1v) is 6.47. The fourth-order valence-electron chi connectivity index (χ4n) is 1.90. The zero-order chi connectivity index (χ0) is 15.5. The lowest BCUT2D eigenvalue weighted by Crippen LogP contribution is -2.42. The molecule has 5 nitrogen and oxygen atoms in total. The molecule has 0 spiro atoms. The molecule has 4 N–H and O–H groups in total. The maximum Gasteiger partial charge on any atom is 0.256 e. The first kappa shape index (κ1) is 14.9. The number of anilines is 1. The summed E-state index contributed by atoms with van der Waals surface area (Å²) in [5.74, 6) is -0.308. The van der Waals surface area contributed by atoms with E-state index in [2.05, 4.69) is 5.32 Å². The van der Waals surface area contributed by atoms with Crippen molar-refractivity contribution in [2.75, 3.05) is 5.32 Å². The van der Waals surface area contributed by atoms with Crippen molar-refractivity contribution >= 4 is 11.6 Å². The number of carbonyl (C=O) groups is 1. The average Bonchev–Trinajstić information content (AvgIpc) is 2.43. The van der Waals surface area contributed by atoms with Crippen LogP contribution in [0.25, 0.3) is 0 Å². The third-order valence-electron chi connectivity index (χ3n) is 3.10. The van der Waals surface area contributed by atoms with Crippen molar-refractivity contribution < 1.29 is 20.1 Å². The van der Waals surface area contributed by atoms with Crippen LogP contribution in [0.15, 0.2) is 48.5 Å². The number of aromatic hydroxyl groups is 2. The van der Waals surface area contributed by atoms with Crippen molar-refractivity contribution in [2.45, 2.75) is 18.9 Å². The number of hydrogen-bond donors (Lipinski definition) is 4. The van der Waals surface area contributed by atoms with Gasteiger partial charge in [-0.25, -0.2) is 0 Å². The summed E-state index contributed by atoms with van der Waals surface area (Å²) in [6, 6.07) is 12.3. The number of amides is 1. The van der Waals surface area contributed by atoms with Gasteiger partial charge in [0.05, 0.1) is 0 Å². The molecule has 5 heteroatoms. The minimum Gasteiger partial charge on any atom is -0.508 e. The van der Waals surface area contributed by atoms with E-state index in [1.807, 2.05) is 0 Å². The van der Waals surface area contributed by atoms with Gasteiger partial charge >= 0.3 is 0 Å². The van der Waals surface area contributed by atoms with Gasteiger partial charge in [0.25, 0.3) is 5.91 Å². The standard InChI is InChI=1S/C16H17NO4/c1-16(21,10-11-2-6-13(18)7-3-11)15(20)17-12-4-8-14(19)9-5-12/h2-9,18-19,21H,10H2,1H3,(H,17,20). The van der Waals surface area contributed by atoms with Crippen LogP contribution < -0.4 is 5.32 Å². The molecule has 0 aliphatic carbocycles. The molecule has 0 aromatic heterocycles. The van der Waals surface area contributed by atoms with Gasteiger partial charge in [0.2, 0.25) is 0 Å². The summed E-state index contributed by atoms with van der Waals surface area (Å²) in [5, 5.41) is 31.3. The zero-order valence-corrected chi connectivity index (χ0v) is 11.6. The molecule has 110 valence electrons. The summed E-state index contributed by atoms with van der Waals surface area (Å²) >= 11 is 0. The van der Waals surface area contributed by atoms with Gasteiger partial charge in [-0.15, -0.1) is 0 Å². The number of rotatable bonds is 4. The lowest BCUT2D eigenvalue weighted by Gasteiger charge is -2.22. The fourth-order valence-corrected chi connectivity index (χ4v) is 1.90. The normalized spacial score (nSPS) is 13.4. The summed E-state index contributed by atoms with van der Waals surface area (Å²) in [4.78, 5) is 12.1. The quantitative estimate of drug-likeness (QED) is 0.648. The van der Waals surface area contributed by atoms with Crippen LogP contribution in [-0.4, -0.2) is 26.8 Å². The molecule has 0 heterocycles. The minimum atomic E-state index is -1.59. The molecule has 0 fully saturated rings. The van der Waals surface area contributed by atoms with Crippen molar-refractivity contribution in [3.63, 3.8) is 0 Å². The number of hydrogen-bond acceptors (Lipinski definition) is 4. The lowest BCUT2D eigenvalue weighted by molar-refractivity contribution is -0.132. The smallest absolute Gasteiger partial charge is 0.256 e. The largest absolute Gasteiger partial charge is 0.508 e. The van der Waals surface area contributed by atoms with E-state index in [9.17, 15) is 20.1 Å². The van der Waals surface area contributed by atoms with Crippen molar-refractivity contribution in [2.24, 2.45) is 0 Å². The SMILES string of the molecule is CC(O)(Cc1ccc(O)cc1)C(=O)Nc1ccc(O)cc1. The number of benzene rings is 2. The third-order valence-corrected chi connectivity index (χ3v) is 3.10. The second-order valence-corrected chi connectivity index (χ2v) is 5.12. The van der Waals surface area contributed by atoms with E-state index in [1.54, 1.807) is 24.3 Å². The Balaban J connectivity index is 2.05. The molecule has 1 unspecified atom stereocenters. The van der Waals surface area contributed by atoms with Crippen LogP contribution in [0, 0.1) is 0 Å². The fraction of sp³-hybridized carbons (Fsp3) is 0.188. The van der Waals surface area contributed by atoms with Gasteiger partial charge in [-0.05, 0) is 48.9 Å². The summed E-state index contributed by atoms with van der Waals surface area (Å²) in [6.45, 7) is 1.43. The Kier molecular flexibility index (Phi) is 4.14. The highest BCUT2D eigenvalue weighted by Gasteiger charge is 2.30. The summed E-state index contributed by atoms with van der Waals surface area (Å²) in [5.41, 5.74) is -0.364. The zero-order valence-electron chi connectivity index (χ0n) is 11.6. The van der Waals surface area contributed by atoms with E-state index < -0.39 is 11.5 Å². The summed E-state index contributed by atoms with van der Waals surface area (Å²) < 4.78 is 0. The second-order valence-electron chi connectivity index (χ2n) is 5.12. The van der Waals surface area contributed by atoms with Crippen molar-refractivity contribution in [1.29, 1.82) is 0 Å². The van der Waals surface area contributed by atoms with Crippen molar-refractivity contribution in [3.05, 3.63) is 54.1 Å². The van der Waals surface area contributed by atoms with E-state index in [0.717, 1.165) is 5.56 Å². The monoisotopic (exact) mass is 287 g/mol. The Labute approximate surface area is 122 Å². The molecule has 2 aromatic rings. The summed E-state index contributed by atoms with van der Waals surface area (Å²) in [7, 11) is 0. The number of phenols is 2. The molecule has 21 heavy (non-hydrogen) atoms. The van der Waals surface area contributed by atoms with E-state index in [-0.39, 0.29) is 17.9 Å². The van der Waals surface area contributed by atoms with Crippen LogP contribution in [0.3, 0.4) is 0 Å².